The molecule has 0 radical (unpaired) electrons. The van der Waals surface area contributed by atoms with E-state index in [0.717, 1.165) is 30.2 Å². The zero-order chi connectivity index (χ0) is 12.7. The quantitative estimate of drug-likeness (QED) is 0.832. The van der Waals surface area contributed by atoms with Crippen LogP contribution in [0.3, 0.4) is 0 Å². The normalized spacial score (nSPS) is 14.6. The minimum atomic E-state index is 0.836. The summed E-state index contributed by atoms with van der Waals surface area (Å²) < 4.78 is 2.22. The van der Waals surface area contributed by atoms with Gasteiger partial charge in [0, 0.05) is 23.6 Å². The van der Waals surface area contributed by atoms with Crippen LogP contribution in [0, 0.1) is 13.8 Å². The molecule has 2 nitrogen and oxygen atoms in total. The van der Waals surface area contributed by atoms with E-state index in [1.807, 2.05) is 6.07 Å². The summed E-state index contributed by atoms with van der Waals surface area (Å²) in [5.41, 5.74) is 6.37. The van der Waals surface area contributed by atoms with E-state index in [1.165, 1.54) is 22.5 Å². The van der Waals surface area contributed by atoms with Gasteiger partial charge in [-0.25, -0.2) is 0 Å². The second-order valence-electron chi connectivity index (χ2n) is 4.93. The highest BCUT2D eigenvalue weighted by Crippen LogP contribution is 2.26. The largest absolute Gasteiger partial charge is 0.317 e. The van der Waals surface area contributed by atoms with Crippen LogP contribution in [0.1, 0.15) is 22.5 Å². The molecule has 1 aromatic carbocycles. The van der Waals surface area contributed by atoms with Crippen LogP contribution < -0.4 is 5.32 Å². The van der Waals surface area contributed by atoms with E-state index in [1.54, 1.807) is 0 Å². The molecule has 0 aliphatic carbocycles. The highest BCUT2D eigenvalue weighted by Gasteiger charge is 2.13. The number of nitrogens with zero attached hydrogens (tertiary/aromatic N) is 1. The Balaban J connectivity index is 2.12. The first kappa shape index (κ1) is 11.8. The lowest BCUT2D eigenvalue weighted by atomic mass is 10.0. The Morgan fingerprint density at radius 2 is 2.00 bits per heavy atom. The summed E-state index contributed by atoms with van der Waals surface area (Å²) in [5, 5.41) is 4.26. The van der Waals surface area contributed by atoms with Crippen LogP contribution in [0.25, 0.3) is 5.69 Å². The number of aromatic nitrogens is 1. The first-order valence-electron chi connectivity index (χ1n) is 6.34. The van der Waals surface area contributed by atoms with Crippen molar-refractivity contribution < 1.29 is 0 Å². The SMILES string of the molecule is Cc1cc(Cl)c(C)n1-c1ccc2c(c1)CNCC2. The zero-order valence-electron chi connectivity index (χ0n) is 10.8. The highest BCUT2D eigenvalue weighted by atomic mass is 35.5. The van der Waals surface area contributed by atoms with E-state index in [-0.39, 0.29) is 0 Å². The molecule has 2 heterocycles. The summed E-state index contributed by atoms with van der Waals surface area (Å²) in [5.74, 6) is 0. The molecular weight excluding hydrogens is 244 g/mol. The van der Waals surface area contributed by atoms with E-state index < -0.39 is 0 Å². The van der Waals surface area contributed by atoms with Crippen molar-refractivity contribution in [1.82, 2.24) is 9.88 Å². The van der Waals surface area contributed by atoms with E-state index in [4.69, 9.17) is 11.6 Å². The molecule has 1 aliphatic rings. The molecule has 0 fully saturated rings. The van der Waals surface area contributed by atoms with Crippen LogP contribution in [0.15, 0.2) is 24.3 Å². The van der Waals surface area contributed by atoms with Gasteiger partial charge in [-0.15, -0.1) is 0 Å². The fourth-order valence-electron chi connectivity index (χ4n) is 2.73. The average molecular weight is 261 g/mol. The number of aryl methyl sites for hydroxylation is 1. The number of nitrogens with one attached hydrogen (secondary N) is 1. The van der Waals surface area contributed by atoms with E-state index >= 15 is 0 Å². The third-order valence-corrected chi connectivity index (χ3v) is 4.09. The molecule has 0 saturated carbocycles. The zero-order valence-corrected chi connectivity index (χ0v) is 11.5. The smallest absolute Gasteiger partial charge is 0.0618 e. The van der Waals surface area contributed by atoms with E-state index in [0.29, 0.717) is 0 Å². The van der Waals surface area contributed by atoms with Gasteiger partial charge in [0.2, 0.25) is 0 Å². The van der Waals surface area contributed by atoms with Crippen molar-refractivity contribution in [3.05, 3.63) is 51.8 Å². The monoisotopic (exact) mass is 260 g/mol. The van der Waals surface area contributed by atoms with Crippen molar-refractivity contribution in [2.75, 3.05) is 6.54 Å². The molecule has 94 valence electrons. The molecule has 1 aromatic heterocycles. The standard InChI is InChI=1S/C15H17ClN2/c1-10-7-15(16)11(2)18(10)14-4-3-12-5-6-17-9-13(12)8-14/h3-4,7-8,17H,5-6,9H2,1-2H3. The topological polar surface area (TPSA) is 17.0 Å². The minimum absolute atomic E-state index is 0.836. The Kier molecular flexibility index (Phi) is 2.92. The van der Waals surface area contributed by atoms with Gasteiger partial charge in [-0.2, -0.15) is 0 Å². The molecule has 0 bridgehead atoms. The summed E-state index contributed by atoms with van der Waals surface area (Å²) in [6, 6.07) is 8.74. The molecule has 0 spiro atoms. The predicted molar refractivity (Wildman–Crippen MR) is 75.7 cm³/mol. The van der Waals surface area contributed by atoms with E-state index in [2.05, 4.69) is 41.9 Å². The Bertz CT molecular complexity index is 599. The number of hydrogen-bond donors (Lipinski definition) is 1. The summed E-state index contributed by atoms with van der Waals surface area (Å²) >= 11 is 6.19. The molecule has 1 N–H and O–H groups in total. The van der Waals surface area contributed by atoms with Crippen LogP contribution in [-0.4, -0.2) is 11.1 Å². The lowest BCUT2D eigenvalue weighted by Crippen LogP contribution is -2.23. The van der Waals surface area contributed by atoms with Crippen molar-refractivity contribution >= 4 is 11.6 Å². The lowest BCUT2D eigenvalue weighted by Gasteiger charge is -2.19. The highest BCUT2D eigenvalue weighted by molar-refractivity contribution is 6.31. The number of fused-ring (bicyclic) bond motifs is 1. The molecule has 0 amide bonds. The summed E-state index contributed by atoms with van der Waals surface area (Å²) in [6.45, 7) is 6.21. The summed E-state index contributed by atoms with van der Waals surface area (Å²) in [6.07, 6.45) is 1.13. The Labute approximate surface area is 113 Å². The Hall–Kier alpha value is -1.25. The Morgan fingerprint density at radius 3 is 2.72 bits per heavy atom. The molecule has 3 rings (SSSR count). The van der Waals surface area contributed by atoms with Crippen molar-refractivity contribution in [2.45, 2.75) is 26.8 Å². The summed E-state index contributed by atoms with van der Waals surface area (Å²) in [4.78, 5) is 0. The van der Waals surface area contributed by atoms with Crippen molar-refractivity contribution in [3.63, 3.8) is 0 Å². The van der Waals surface area contributed by atoms with Crippen LogP contribution in [0.2, 0.25) is 5.02 Å². The van der Waals surface area contributed by atoms with Crippen molar-refractivity contribution in [1.29, 1.82) is 0 Å². The summed E-state index contributed by atoms with van der Waals surface area (Å²) in [7, 11) is 0. The van der Waals surface area contributed by atoms with Crippen LogP contribution >= 0.6 is 11.6 Å². The minimum Gasteiger partial charge on any atom is -0.317 e. The lowest BCUT2D eigenvalue weighted by molar-refractivity contribution is 0.643. The first-order chi connectivity index (χ1) is 8.66. The molecule has 18 heavy (non-hydrogen) atoms. The predicted octanol–water partition coefficient (Wildman–Crippen LogP) is 3.39. The van der Waals surface area contributed by atoms with Crippen molar-refractivity contribution in [2.24, 2.45) is 0 Å². The average Bonchev–Trinajstić information content (AvgIpc) is 2.63. The van der Waals surface area contributed by atoms with Gasteiger partial charge in [0.1, 0.15) is 0 Å². The third-order valence-electron chi connectivity index (χ3n) is 3.70. The van der Waals surface area contributed by atoms with Gasteiger partial charge in [-0.05, 0) is 56.1 Å². The fraction of sp³-hybridized carbons (Fsp3) is 0.333. The maximum absolute atomic E-state index is 6.19. The van der Waals surface area contributed by atoms with Gasteiger partial charge in [-0.1, -0.05) is 17.7 Å². The molecule has 2 aromatic rings. The van der Waals surface area contributed by atoms with Gasteiger partial charge < -0.3 is 9.88 Å². The maximum Gasteiger partial charge on any atom is 0.0618 e. The fourth-order valence-corrected chi connectivity index (χ4v) is 2.97. The number of hydrogen-bond acceptors (Lipinski definition) is 1. The van der Waals surface area contributed by atoms with Crippen LogP contribution in [-0.2, 0) is 13.0 Å². The first-order valence-corrected chi connectivity index (χ1v) is 6.72. The van der Waals surface area contributed by atoms with Gasteiger partial charge in [0.05, 0.1) is 5.02 Å². The molecule has 0 atom stereocenters. The molecular formula is C15H17ClN2. The molecule has 0 saturated heterocycles. The molecule has 0 unspecified atom stereocenters. The second kappa shape index (κ2) is 4.45. The third kappa shape index (κ3) is 1.86. The molecule has 3 heteroatoms. The number of halogens is 1. The van der Waals surface area contributed by atoms with Gasteiger partial charge >= 0.3 is 0 Å². The number of rotatable bonds is 1. The van der Waals surface area contributed by atoms with Crippen molar-refractivity contribution in [3.8, 4) is 5.69 Å². The van der Waals surface area contributed by atoms with E-state index in [9.17, 15) is 0 Å². The van der Waals surface area contributed by atoms with Gasteiger partial charge in [0.15, 0.2) is 0 Å². The van der Waals surface area contributed by atoms with Crippen LogP contribution in [0.4, 0.5) is 0 Å². The molecule has 1 aliphatic heterocycles. The van der Waals surface area contributed by atoms with Gasteiger partial charge in [-0.3, -0.25) is 0 Å². The Morgan fingerprint density at radius 1 is 1.17 bits per heavy atom. The number of benzene rings is 1. The maximum atomic E-state index is 6.19. The van der Waals surface area contributed by atoms with Crippen LogP contribution in [0.5, 0.6) is 0 Å². The second-order valence-corrected chi connectivity index (χ2v) is 5.34. The van der Waals surface area contributed by atoms with Gasteiger partial charge in [0.25, 0.3) is 0 Å².